The zero-order chi connectivity index (χ0) is 10.6. The van der Waals surface area contributed by atoms with E-state index in [1.54, 1.807) is 0 Å². The van der Waals surface area contributed by atoms with E-state index in [4.69, 9.17) is 0 Å². The second-order valence-electron chi connectivity index (χ2n) is 4.60. The first-order chi connectivity index (χ1) is 6.63. The second-order valence-corrected chi connectivity index (χ2v) is 4.60. The number of aldehydes is 1. The van der Waals surface area contributed by atoms with Gasteiger partial charge in [-0.05, 0) is 46.2 Å². The first kappa shape index (κ1) is 11.4. The number of rotatable bonds is 4. The molecule has 0 atom stereocenters. The van der Waals surface area contributed by atoms with Crippen LogP contribution in [0.4, 0.5) is 0 Å². The molecule has 0 radical (unpaired) electrons. The first-order valence-corrected chi connectivity index (χ1v) is 5.45. The van der Waals surface area contributed by atoms with E-state index < -0.39 is 0 Å². The average Bonchev–Trinajstić information content (AvgIpc) is 2.19. The number of likely N-dealkylation sites (tertiary alicyclic amines) is 1. The first-order valence-electron chi connectivity index (χ1n) is 5.45. The third kappa shape index (κ3) is 2.44. The third-order valence-corrected chi connectivity index (χ3v) is 3.32. The summed E-state index contributed by atoms with van der Waals surface area (Å²) in [7, 11) is 0. The summed E-state index contributed by atoms with van der Waals surface area (Å²) in [6.45, 7) is 10.2. The number of piperidine rings is 1. The number of hydrogen-bond acceptors (Lipinski definition) is 2. The van der Waals surface area contributed by atoms with Gasteiger partial charge in [0, 0.05) is 11.5 Å². The molecule has 80 valence electrons. The lowest BCUT2D eigenvalue weighted by Crippen LogP contribution is -2.43. The molecule has 1 fully saturated rings. The molecule has 0 aromatic rings. The van der Waals surface area contributed by atoms with Crippen molar-refractivity contribution in [2.75, 3.05) is 13.1 Å². The topological polar surface area (TPSA) is 20.3 Å². The summed E-state index contributed by atoms with van der Waals surface area (Å²) in [4.78, 5) is 13.5. The summed E-state index contributed by atoms with van der Waals surface area (Å²) in [5.41, 5.74) is -0.104. The largest absolute Gasteiger partial charge is 0.303 e. The van der Waals surface area contributed by atoms with Gasteiger partial charge in [-0.3, -0.25) is 0 Å². The predicted octanol–water partition coefficient (Wildman–Crippen LogP) is 2.25. The molecule has 1 saturated heterocycles. The molecule has 0 N–H and O–H groups in total. The van der Waals surface area contributed by atoms with Crippen LogP contribution < -0.4 is 0 Å². The maximum atomic E-state index is 11.1. The van der Waals surface area contributed by atoms with Crippen LogP contribution in [0.15, 0.2) is 12.7 Å². The van der Waals surface area contributed by atoms with Crippen LogP contribution in [0.3, 0.4) is 0 Å². The normalized spacial score (nSPS) is 22.2. The van der Waals surface area contributed by atoms with Gasteiger partial charge in [0.05, 0.1) is 0 Å². The smallest absolute Gasteiger partial charge is 0.126 e. The molecule has 0 spiro atoms. The van der Waals surface area contributed by atoms with Crippen LogP contribution in [0.2, 0.25) is 0 Å². The van der Waals surface area contributed by atoms with Crippen molar-refractivity contribution < 1.29 is 4.79 Å². The van der Waals surface area contributed by atoms with Crippen molar-refractivity contribution in [3.8, 4) is 0 Å². The van der Waals surface area contributed by atoms with Gasteiger partial charge in [-0.25, -0.2) is 0 Å². The standard InChI is InChI=1S/C12H21NO/c1-4-5-12(10-14)6-8-13(9-7-12)11(2)3/h4,10-11H,1,5-9H2,2-3H3. The minimum Gasteiger partial charge on any atom is -0.303 e. The molecule has 1 heterocycles. The highest BCUT2D eigenvalue weighted by atomic mass is 16.1. The molecule has 0 aromatic heterocycles. The Balaban J connectivity index is 2.54. The number of hydrogen-bond donors (Lipinski definition) is 0. The fraction of sp³-hybridized carbons (Fsp3) is 0.750. The molecule has 0 unspecified atom stereocenters. The van der Waals surface area contributed by atoms with Crippen LogP contribution in [0.25, 0.3) is 0 Å². The average molecular weight is 195 g/mol. The zero-order valence-corrected chi connectivity index (χ0v) is 9.33. The Morgan fingerprint density at radius 2 is 2.00 bits per heavy atom. The Morgan fingerprint density at radius 3 is 2.36 bits per heavy atom. The molecule has 0 bridgehead atoms. The Hall–Kier alpha value is -0.630. The Morgan fingerprint density at radius 1 is 1.43 bits per heavy atom. The monoisotopic (exact) mass is 195 g/mol. The van der Waals surface area contributed by atoms with Crippen molar-refractivity contribution in [3.63, 3.8) is 0 Å². The van der Waals surface area contributed by atoms with E-state index in [1.165, 1.54) is 0 Å². The van der Waals surface area contributed by atoms with Gasteiger partial charge in [0.2, 0.25) is 0 Å². The summed E-state index contributed by atoms with van der Waals surface area (Å²) >= 11 is 0. The molecule has 1 aliphatic rings. The molecule has 0 aromatic carbocycles. The van der Waals surface area contributed by atoms with Gasteiger partial charge in [-0.2, -0.15) is 0 Å². The van der Waals surface area contributed by atoms with Crippen molar-refractivity contribution in [3.05, 3.63) is 12.7 Å². The summed E-state index contributed by atoms with van der Waals surface area (Å²) in [6, 6.07) is 0.600. The third-order valence-electron chi connectivity index (χ3n) is 3.32. The fourth-order valence-electron chi connectivity index (χ4n) is 2.14. The van der Waals surface area contributed by atoms with Gasteiger partial charge in [-0.1, -0.05) is 6.08 Å². The van der Waals surface area contributed by atoms with Crippen molar-refractivity contribution in [1.82, 2.24) is 4.90 Å². The van der Waals surface area contributed by atoms with Crippen LogP contribution >= 0.6 is 0 Å². The minimum absolute atomic E-state index is 0.104. The molecule has 1 rings (SSSR count). The lowest BCUT2D eigenvalue weighted by atomic mass is 9.77. The van der Waals surface area contributed by atoms with Crippen LogP contribution in [-0.2, 0) is 4.79 Å². The van der Waals surface area contributed by atoms with E-state index in [9.17, 15) is 4.79 Å². The number of carbonyl (C=O) groups is 1. The zero-order valence-electron chi connectivity index (χ0n) is 9.33. The van der Waals surface area contributed by atoms with E-state index in [-0.39, 0.29) is 5.41 Å². The lowest BCUT2D eigenvalue weighted by Gasteiger charge is -2.39. The summed E-state index contributed by atoms with van der Waals surface area (Å²) < 4.78 is 0. The van der Waals surface area contributed by atoms with Crippen LogP contribution in [0.5, 0.6) is 0 Å². The molecule has 14 heavy (non-hydrogen) atoms. The van der Waals surface area contributed by atoms with E-state index in [2.05, 4.69) is 25.3 Å². The number of allylic oxidation sites excluding steroid dienone is 1. The predicted molar refractivity (Wildman–Crippen MR) is 59.3 cm³/mol. The van der Waals surface area contributed by atoms with Crippen LogP contribution in [0.1, 0.15) is 33.1 Å². The SMILES string of the molecule is C=CCC1(C=O)CCN(C(C)C)CC1. The summed E-state index contributed by atoms with van der Waals surface area (Å²) in [5, 5.41) is 0. The fourth-order valence-corrected chi connectivity index (χ4v) is 2.14. The Bertz CT molecular complexity index is 202. The number of carbonyl (C=O) groups excluding carboxylic acids is 1. The van der Waals surface area contributed by atoms with Crippen molar-refractivity contribution in [2.45, 2.75) is 39.2 Å². The van der Waals surface area contributed by atoms with E-state index in [0.717, 1.165) is 38.6 Å². The highest BCUT2D eigenvalue weighted by Crippen LogP contribution is 2.33. The summed E-state index contributed by atoms with van der Waals surface area (Å²) in [6.07, 6.45) is 5.83. The van der Waals surface area contributed by atoms with Crippen molar-refractivity contribution in [2.24, 2.45) is 5.41 Å². The van der Waals surface area contributed by atoms with Crippen LogP contribution in [0, 0.1) is 5.41 Å². The van der Waals surface area contributed by atoms with E-state index in [0.29, 0.717) is 6.04 Å². The van der Waals surface area contributed by atoms with Gasteiger partial charge < -0.3 is 9.69 Å². The van der Waals surface area contributed by atoms with E-state index >= 15 is 0 Å². The maximum absolute atomic E-state index is 11.1. The van der Waals surface area contributed by atoms with Crippen molar-refractivity contribution in [1.29, 1.82) is 0 Å². The van der Waals surface area contributed by atoms with Gasteiger partial charge >= 0.3 is 0 Å². The lowest BCUT2D eigenvalue weighted by molar-refractivity contribution is -0.118. The highest BCUT2D eigenvalue weighted by Gasteiger charge is 2.33. The highest BCUT2D eigenvalue weighted by molar-refractivity contribution is 5.60. The summed E-state index contributed by atoms with van der Waals surface area (Å²) in [5.74, 6) is 0. The molecule has 0 saturated carbocycles. The van der Waals surface area contributed by atoms with E-state index in [1.807, 2.05) is 6.08 Å². The van der Waals surface area contributed by atoms with Gasteiger partial charge in [0.25, 0.3) is 0 Å². The minimum atomic E-state index is -0.104. The molecular weight excluding hydrogens is 174 g/mol. The molecular formula is C12H21NO. The van der Waals surface area contributed by atoms with Crippen LogP contribution in [-0.4, -0.2) is 30.3 Å². The number of nitrogens with zero attached hydrogens (tertiary/aromatic N) is 1. The van der Waals surface area contributed by atoms with Gasteiger partial charge in [-0.15, -0.1) is 6.58 Å². The maximum Gasteiger partial charge on any atom is 0.126 e. The molecule has 2 nitrogen and oxygen atoms in total. The molecule has 2 heteroatoms. The quantitative estimate of drug-likeness (QED) is 0.506. The van der Waals surface area contributed by atoms with Crippen molar-refractivity contribution >= 4 is 6.29 Å². The Labute approximate surface area is 87.0 Å². The Kier molecular flexibility index (Phi) is 3.87. The van der Waals surface area contributed by atoms with Gasteiger partial charge in [0.1, 0.15) is 6.29 Å². The van der Waals surface area contributed by atoms with Gasteiger partial charge in [0.15, 0.2) is 0 Å². The molecule has 1 aliphatic heterocycles. The second kappa shape index (κ2) is 4.74. The molecule has 0 aliphatic carbocycles. The molecule has 0 amide bonds.